The molecule has 5 heteroatoms. The van der Waals surface area contributed by atoms with Crippen LogP contribution in [-0.4, -0.2) is 25.4 Å². The lowest BCUT2D eigenvalue weighted by atomic mass is 9.89. The van der Waals surface area contributed by atoms with Gasteiger partial charge in [-0.15, -0.1) is 0 Å². The zero-order valence-electron chi connectivity index (χ0n) is 11.2. The van der Waals surface area contributed by atoms with E-state index >= 15 is 0 Å². The average Bonchev–Trinajstić information content (AvgIpc) is 2.34. The number of hydrogen-bond donors (Lipinski definition) is 1. The lowest BCUT2D eigenvalue weighted by Gasteiger charge is -2.30. The Labute approximate surface area is 111 Å². The Kier molecular flexibility index (Phi) is 4.63. The maximum Gasteiger partial charge on any atom is 0.421 e. The molecule has 0 spiro atoms. The van der Waals surface area contributed by atoms with Crippen molar-refractivity contribution in [3.05, 3.63) is 42.0 Å². The second-order valence-electron chi connectivity index (χ2n) is 4.57. The molecule has 0 fully saturated rings. The first-order valence-corrected chi connectivity index (χ1v) is 5.90. The van der Waals surface area contributed by atoms with E-state index in [1.165, 1.54) is 24.3 Å². The molecule has 0 bridgehead atoms. The van der Waals surface area contributed by atoms with Crippen LogP contribution >= 0.6 is 0 Å². The summed E-state index contributed by atoms with van der Waals surface area (Å²) in [5, 5.41) is 9.99. The lowest BCUT2D eigenvalue weighted by molar-refractivity contribution is -0.265. The molecule has 0 aliphatic heterocycles. The van der Waals surface area contributed by atoms with Gasteiger partial charge in [0.05, 0.1) is 0 Å². The Hall–Kier alpha value is -1.49. The summed E-state index contributed by atoms with van der Waals surface area (Å²) in [6, 6.07) is 5.74. The van der Waals surface area contributed by atoms with Crippen molar-refractivity contribution in [2.75, 3.05) is 19.0 Å². The highest BCUT2D eigenvalue weighted by Crippen LogP contribution is 2.42. The summed E-state index contributed by atoms with van der Waals surface area (Å²) in [5.41, 5.74) is -2.22. The van der Waals surface area contributed by atoms with Gasteiger partial charge in [0.2, 0.25) is 0 Å². The van der Waals surface area contributed by atoms with Gasteiger partial charge in [-0.1, -0.05) is 24.3 Å². The van der Waals surface area contributed by atoms with Crippen molar-refractivity contribution >= 4 is 5.69 Å². The molecule has 0 saturated carbocycles. The largest absolute Gasteiger partial charge is 0.421 e. The van der Waals surface area contributed by atoms with E-state index in [0.717, 1.165) is 5.69 Å². The van der Waals surface area contributed by atoms with Gasteiger partial charge in [0, 0.05) is 26.2 Å². The molecule has 1 rings (SSSR count). The van der Waals surface area contributed by atoms with Crippen LogP contribution in [0.15, 0.2) is 36.4 Å². The third-order valence-corrected chi connectivity index (χ3v) is 2.98. The topological polar surface area (TPSA) is 23.5 Å². The number of halogens is 3. The van der Waals surface area contributed by atoms with Gasteiger partial charge in [0.25, 0.3) is 0 Å². The van der Waals surface area contributed by atoms with Gasteiger partial charge in [-0.3, -0.25) is 0 Å². The maximum absolute atomic E-state index is 13.1. The van der Waals surface area contributed by atoms with Crippen LogP contribution in [-0.2, 0) is 5.60 Å². The molecule has 0 radical (unpaired) electrons. The molecule has 1 aromatic rings. The van der Waals surface area contributed by atoms with Crippen molar-refractivity contribution in [1.29, 1.82) is 0 Å². The van der Waals surface area contributed by atoms with E-state index in [0.29, 0.717) is 0 Å². The Bertz CT molecular complexity index is 437. The number of allylic oxidation sites excluding steroid dienone is 1. The molecule has 2 nitrogen and oxygen atoms in total. The molecule has 19 heavy (non-hydrogen) atoms. The fourth-order valence-electron chi connectivity index (χ4n) is 1.72. The number of rotatable bonds is 4. The lowest BCUT2D eigenvalue weighted by Crippen LogP contribution is -2.41. The Morgan fingerprint density at radius 2 is 1.68 bits per heavy atom. The Morgan fingerprint density at radius 3 is 2.05 bits per heavy atom. The Morgan fingerprint density at radius 1 is 1.16 bits per heavy atom. The smallest absolute Gasteiger partial charge is 0.378 e. The first-order valence-electron chi connectivity index (χ1n) is 5.90. The quantitative estimate of drug-likeness (QED) is 0.849. The molecule has 0 saturated heterocycles. The van der Waals surface area contributed by atoms with Gasteiger partial charge in [0.15, 0.2) is 5.60 Å². The van der Waals surface area contributed by atoms with Crippen LogP contribution in [0.2, 0.25) is 0 Å². The molecule has 0 heterocycles. The average molecular weight is 273 g/mol. The number of alkyl halides is 3. The molecule has 0 amide bonds. The van der Waals surface area contributed by atoms with Crippen molar-refractivity contribution in [1.82, 2.24) is 0 Å². The normalized spacial score (nSPS) is 15.5. The van der Waals surface area contributed by atoms with Crippen LogP contribution in [0.25, 0.3) is 0 Å². The third kappa shape index (κ3) is 3.29. The SMILES string of the molecule is C/C=C\C[C@@](O)(c1ccc(N(C)C)cc1)C(F)(F)F. The summed E-state index contributed by atoms with van der Waals surface area (Å²) >= 11 is 0. The van der Waals surface area contributed by atoms with E-state index in [4.69, 9.17) is 0 Å². The number of aliphatic hydroxyl groups is 1. The van der Waals surface area contributed by atoms with Gasteiger partial charge >= 0.3 is 6.18 Å². The van der Waals surface area contributed by atoms with Gasteiger partial charge in [-0.05, 0) is 24.6 Å². The molecule has 1 N–H and O–H groups in total. The predicted molar refractivity (Wildman–Crippen MR) is 70.2 cm³/mol. The standard InChI is InChI=1S/C14H18F3NO/c1-4-5-10-13(19,14(15,16)17)11-6-8-12(9-7-11)18(2)3/h4-9,19H,10H2,1-3H3/b5-4-/t13-/m1/s1. The van der Waals surface area contributed by atoms with Crippen LogP contribution in [0.3, 0.4) is 0 Å². The minimum Gasteiger partial charge on any atom is -0.378 e. The van der Waals surface area contributed by atoms with Gasteiger partial charge in [0.1, 0.15) is 0 Å². The maximum atomic E-state index is 13.1. The number of benzene rings is 1. The van der Waals surface area contributed by atoms with Gasteiger partial charge in [-0.25, -0.2) is 0 Å². The second-order valence-corrected chi connectivity index (χ2v) is 4.57. The predicted octanol–water partition coefficient (Wildman–Crippen LogP) is 3.47. The zero-order valence-corrected chi connectivity index (χ0v) is 11.2. The fraction of sp³-hybridized carbons (Fsp3) is 0.429. The van der Waals surface area contributed by atoms with E-state index in [1.54, 1.807) is 38.1 Å². The highest BCUT2D eigenvalue weighted by atomic mass is 19.4. The summed E-state index contributed by atoms with van der Waals surface area (Å²) in [7, 11) is 3.59. The van der Waals surface area contributed by atoms with Crippen molar-refractivity contribution in [2.24, 2.45) is 0 Å². The third-order valence-electron chi connectivity index (χ3n) is 2.98. The summed E-state index contributed by atoms with van der Waals surface area (Å²) in [5.74, 6) is 0. The van der Waals surface area contributed by atoms with Crippen LogP contribution in [0, 0.1) is 0 Å². The van der Waals surface area contributed by atoms with E-state index in [9.17, 15) is 18.3 Å². The summed E-state index contributed by atoms with van der Waals surface area (Å²) < 4.78 is 39.2. The summed E-state index contributed by atoms with van der Waals surface area (Å²) in [6.07, 6.45) is -2.40. The van der Waals surface area contributed by atoms with Gasteiger partial charge < -0.3 is 10.0 Å². The molecule has 0 unspecified atom stereocenters. The molecule has 0 aliphatic carbocycles. The number of anilines is 1. The molecule has 0 aliphatic rings. The number of hydrogen-bond acceptors (Lipinski definition) is 2. The monoisotopic (exact) mass is 273 g/mol. The van der Waals surface area contributed by atoms with Crippen molar-refractivity contribution in [2.45, 2.75) is 25.1 Å². The molecule has 106 valence electrons. The molecular weight excluding hydrogens is 255 g/mol. The first kappa shape index (κ1) is 15.6. The minimum atomic E-state index is -4.72. The molecule has 1 aromatic carbocycles. The van der Waals surface area contributed by atoms with Crippen molar-refractivity contribution < 1.29 is 18.3 Å². The van der Waals surface area contributed by atoms with E-state index in [2.05, 4.69) is 0 Å². The first-order chi connectivity index (χ1) is 8.72. The zero-order chi connectivity index (χ0) is 14.7. The number of nitrogens with zero attached hydrogens (tertiary/aromatic N) is 1. The van der Waals surface area contributed by atoms with Crippen LogP contribution in [0.5, 0.6) is 0 Å². The van der Waals surface area contributed by atoms with Crippen molar-refractivity contribution in [3.8, 4) is 0 Å². The molecule has 1 atom stereocenters. The van der Waals surface area contributed by atoms with E-state index in [1.807, 2.05) is 0 Å². The molecular formula is C14H18F3NO. The van der Waals surface area contributed by atoms with Crippen LogP contribution in [0.4, 0.5) is 18.9 Å². The minimum absolute atomic E-state index is 0.149. The molecule has 0 aromatic heterocycles. The Balaban J connectivity index is 3.18. The van der Waals surface area contributed by atoms with Crippen molar-refractivity contribution in [3.63, 3.8) is 0 Å². The second kappa shape index (κ2) is 5.65. The summed E-state index contributed by atoms with van der Waals surface area (Å²) in [4.78, 5) is 1.78. The van der Waals surface area contributed by atoms with Crippen LogP contribution < -0.4 is 4.90 Å². The highest BCUT2D eigenvalue weighted by Gasteiger charge is 2.53. The van der Waals surface area contributed by atoms with E-state index in [-0.39, 0.29) is 5.56 Å². The highest BCUT2D eigenvalue weighted by molar-refractivity contribution is 5.47. The summed E-state index contributed by atoms with van der Waals surface area (Å²) in [6.45, 7) is 1.62. The fourth-order valence-corrected chi connectivity index (χ4v) is 1.72. The van der Waals surface area contributed by atoms with Crippen LogP contribution in [0.1, 0.15) is 18.9 Å². The van der Waals surface area contributed by atoms with E-state index < -0.39 is 18.2 Å². The van der Waals surface area contributed by atoms with Gasteiger partial charge in [-0.2, -0.15) is 13.2 Å².